The minimum Gasteiger partial charge on any atom is -0.357 e. The summed E-state index contributed by atoms with van der Waals surface area (Å²) in [5.41, 5.74) is 1.25. The first-order chi connectivity index (χ1) is 8.81. The van der Waals surface area contributed by atoms with E-state index >= 15 is 0 Å². The summed E-state index contributed by atoms with van der Waals surface area (Å²) in [6, 6.07) is 9.24. The number of thioether (sulfide) groups is 1. The Labute approximate surface area is 137 Å². The van der Waals surface area contributed by atoms with Crippen LogP contribution in [-0.2, 0) is 6.54 Å². The molecule has 106 valence electrons. The van der Waals surface area contributed by atoms with Gasteiger partial charge in [-0.2, -0.15) is 0 Å². The molecular formula is C14H22IN3S. The Hall–Kier alpha value is -0.430. The highest BCUT2D eigenvalue weighted by atomic mass is 127. The fraction of sp³-hybridized carbons (Fsp3) is 0.500. The first kappa shape index (κ1) is 16.6. The Morgan fingerprint density at radius 2 is 2.00 bits per heavy atom. The highest BCUT2D eigenvalue weighted by molar-refractivity contribution is 14.0. The molecule has 0 amide bonds. The van der Waals surface area contributed by atoms with Crippen LogP contribution in [-0.4, -0.2) is 24.8 Å². The van der Waals surface area contributed by atoms with Crippen molar-refractivity contribution in [3.63, 3.8) is 0 Å². The molecule has 19 heavy (non-hydrogen) atoms. The number of rotatable bonds is 5. The molecule has 0 aliphatic heterocycles. The third-order valence-electron chi connectivity index (χ3n) is 2.84. The maximum atomic E-state index is 4.61. The fourth-order valence-electron chi connectivity index (χ4n) is 1.64. The minimum absolute atomic E-state index is 0. The quantitative estimate of drug-likeness (QED) is 0.350. The van der Waals surface area contributed by atoms with E-state index in [-0.39, 0.29) is 24.0 Å². The maximum Gasteiger partial charge on any atom is 0.191 e. The Bertz CT molecular complexity index is 402. The van der Waals surface area contributed by atoms with E-state index in [2.05, 4.69) is 53.1 Å². The minimum atomic E-state index is 0. The van der Waals surface area contributed by atoms with Crippen molar-refractivity contribution < 1.29 is 0 Å². The average Bonchev–Trinajstić information content (AvgIpc) is 3.21. The van der Waals surface area contributed by atoms with E-state index in [4.69, 9.17) is 0 Å². The molecule has 2 N–H and O–H groups in total. The Kier molecular flexibility index (Phi) is 7.60. The maximum absolute atomic E-state index is 4.61. The zero-order chi connectivity index (χ0) is 12.8. The molecule has 1 fully saturated rings. The monoisotopic (exact) mass is 391 g/mol. The number of nitrogens with zero attached hydrogens (tertiary/aromatic N) is 1. The van der Waals surface area contributed by atoms with Crippen molar-refractivity contribution in [2.75, 3.05) is 12.8 Å². The smallest absolute Gasteiger partial charge is 0.191 e. The Morgan fingerprint density at radius 3 is 2.53 bits per heavy atom. The zero-order valence-electron chi connectivity index (χ0n) is 11.5. The van der Waals surface area contributed by atoms with Crippen LogP contribution < -0.4 is 10.6 Å². The van der Waals surface area contributed by atoms with Gasteiger partial charge in [0.15, 0.2) is 5.96 Å². The Morgan fingerprint density at radius 1 is 1.32 bits per heavy atom. The van der Waals surface area contributed by atoms with Gasteiger partial charge >= 0.3 is 0 Å². The molecule has 1 aromatic rings. The van der Waals surface area contributed by atoms with Gasteiger partial charge in [0.2, 0.25) is 0 Å². The molecule has 0 spiro atoms. The molecule has 0 aromatic heterocycles. The third kappa shape index (κ3) is 6.03. The van der Waals surface area contributed by atoms with Crippen LogP contribution in [0.25, 0.3) is 0 Å². The van der Waals surface area contributed by atoms with Gasteiger partial charge in [-0.15, -0.1) is 35.7 Å². The summed E-state index contributed by atoms with van der Waals surface area (Å²) in [5.74, 6) is 0.939. The standard InChI is InChI=1S/C14H21N3S.HI/c1-3-15-14(17-12-6-7-12)16-10-11-4-8-13(18-2)9-5-11;/h4-5,8-9,12H,3,6-7,10H2,1-2H3,(H2,15,16,17);1H. The van der Waals surface area contributed by atoms with E-state index in [1.165, 1.54) is 23.3 Å². The lowest BCUT2D eigenvalue weighted by molar-refractivity contribution is 0.812. The summed E-state index contributed by atoms with van der Waals surface area (Å²) >= 11 is 1.77. The molecule has 0 radical (unpaired) electrons. The van der Waals surface area contributed by atoms with Gasteiger partial charge in [0.05, 0.1) is 6.54 Å². The predicted octanol–water partition coefficient (Wildman–Crippen LogP) is 3.24. The van der Waals surface area contributed by atoms with E-state index < -0.39 is 0 Å². The van der Waals surface area contributed by atoms with E-state index in [0.29, 0.717) is 6.04 Å². The number of halogens is 1. The molecule has 1 aliphatic carbocycles. The second-order valence-corrected chi connectivity index (χ2v) is 5.34. The SMILES string of the molecule is CCNC(=NCc1ccc(SC)cc1)NC1CC1.I. The van der Waals surface area contributed by atoms with Crippen LogP contribution in [0.3, 0.4) is 0 Å². The predicted molar refractivity (Wildman–Crippen MR) is 94.6 cm³/mol. The molecule has 1 aliphatic rings. The first-order valence-corrected chi connectivity index (χ1v) is 7.72. The molecule has 2 rings (SSSR count). The summed E-state index contributed by atoms with van der Waals surface area (Å²) in [6.45, 7) is 3.73. The van der Waals surface area contributed by atoms with Gasteiger partial charge in [-0.05, 0) is 43.7 Å². The zero-order valence-corrected chi connectivity index (χ0v) is 14.6. The summed E-state index contributed by atoms with van der Waals surface area (Å²) < 4.78 is 0. The van der Waals surface area contributed by atoms with Crippen molar-refractivity contribution >= 4 is 41.7 Å². The number of nitrogens with one attached hydrogen (secondary N) is 2. The Balaban J connectivity index is 0.00000180. The largest absolute Gasteiger partial charge is 0.357 e. The molecule has 1 aromatic carbocycles. The molecular weight excluding hydrogens is 369 g/mol. The lowest BCUT2D eigenvalue weighted by Gasteiger charge is -2.10. The number of aliphatic imine (C=N–C) groups is 1. The number of guanidine groups is 1. The van der Waals surface area contributed by atoms with Crippen molar-refractivity contribution in [1.82, 2.24) is 10.6 Å². The highest BCUT2D eigenvalue weighted by Gasteiger charge is 2.21. The van der Waals surface area contributed by atoms with Gasteiger partial charge in [-0.25, -0.2) is 4.99 Å². The third-order valence-corrected chi connectivity index (χ3v) is 3.58. The van der Waals surface area contributed by atoms with Crippen LogP contribution in [0.15, 0.2) is 34.2 Å². The van der Waals surface area contributed by atoms with Gasteiger partial charge in [0, 0.05) is 17.5 Å². The van der Waals surface area contributed by atoms with Crippen molar-refractivity contribution in [2.24, 2.45) is 4.99 Å². The number of hydrogen-bond donors (Lipinski definition) is 2. The van der Waals surface area contributed by atoms with E-state index in [9.17, 15) is 0 Å². The lowest BCUT2D eigenvalue weighted by atomic mass is 10.2. The van der Waals surface area contributed by atoms with Crippen molar-refractivity contribution in [3.8, 4) is 0 Å². The van der Waals surface area contributed by atoms with Crippen LogP contribution in [0.4, 0.5) is 0 Å². The molecule has 0 unspecified atom stereocenters. The lowest BCUT2D eigenvalue weighted by Crippen LogP contribution is -2.38. The normalized spacial score (nSPS) is 14.7. The van der Waals surface area contributed by atoms with Gasteiger partial charge in [-0.3, -0.25) is 0 Å². The van der Waals surface area contributed by atoms with Gasteiger partial charge in [0.25, 0.3) is 0 Å². The highest BCUT2D eigenvalue weighted by Crippen LogP contribution is 2.18. The van der Waals surface area contributed by atoms with Crippen molar-refractivity contribution in [2.45, 2.75) is 37.2 Å². The first-order valence-electron chi connectivity index (χ1n) is 6.49. The second-order valence-electron chi connectivity index (χ2n) is 4.46. The molecule has 0 heterocycles. The van der Waals surface area contributed by atoms with Crippen LogP contribution >= 0.6 is 35.7 Å². The topological polar surface area (TPSA) is 36.4 Å². The summed E-state index contributed by atoms with van der Waals surface area (Å²) in [7, 11) is 0. The molecule has 5 heteroatoms. The molecule has 3 nitrogen and oxygen atoms in total. The van der Waals surface area contributed by atoms with E-state index in [1.54, 1.807) is 11.8 Å². The molecule has 0 saturated heterocycles. The summed E-state index contributed by atoms with van der Waals surface area (Å²) in [4.78, 5) is 5.90. The van der Waals surface area contributed by atoms with Crippen LogP contribution in [0, 0.1) is 0 Å². The summed E-state index contributed by atoms with van der Waals surface area (Å²) in [6.07, 6.45) is 4.63. The fourth-order valence-corrected chi connectivity index (χ4v) is 2.05. The van der Waals surface area contributed by atoms with Crippen molar-refractivity contribution in [3.05, 3.63) is 29.8 Å². The molecule has 1 saturated carbocycles. The van der Waals surface area contributed by atoms with Gasteiger partial charge in [0.1, 0.15) is 0 Å². The number of benzene rings is 1. The number of hydrogen-bond acceptors (Lipinski definition) is 2. The average molecular weight is 391 g/mol. The van der Waals surface area contributed by atoms with Crippen molar-refractivity contribution in [1.29, 1.82) is 0 Å². The van der Waals surface area contributed by atoms with Crippen LogP contribution in [0.2, 0.25) is 0 Å². The second kappa shape index (κ2) is 8.68. The van der Waals surface area contributed by atoms with E-state index in [1.807, 2.05) is 0 Å². The van der Waals surface area contributed by atoms with E-state index in [0.717, 1.165) is 19.0 Å². The molecule has 0 bridgehead atoms. The van der Waals surface area contributed by atoms with Crippen LogP contribution in [0.1, 0.15) is 25.3 Å². The molecule has 0 atom stereocenters. The summed E-state index contributed by atoms with van der Waals surface area (Å²) in [5, 5.41) is 6.70. The van der Waals surface area contributed by atoms with Gasteiger partial charge in [-0.1, -0.05) is 12.1 Å². The van der Waals surface area contributed by atoms with Gasteiger partial charge < -0.3 is 10.6 Å². The van der Waals surface area contributed by atoms with Crippen LogP contribution in [0.5, 0.6) is 0 Å².